The van der Waals surface area contributed by atoms with Gasteiger partial charge in [-0.2, -0.15) is 9.97 Å². The highest BCUT2D eigenvalue weighted by Crippen LogP contribution is 2.45. The molecule has 0 aliphatic carbocycles. The minimum Gasteiger partial charge on any atom is -0.461 e. The van der Waals surface area contributed by atoms with E-state index in [0.717, 1.165) is 51.7 Å². The molecule has 0 saturated carbocycles. The fourth-order valence-corrected chi connectivity index (χ4v) is 11.6. The average Bonchev–Trinajstić information content (AvgIpc) is 2.00. The third-order valence-corrected chi connectivity index (χ3v) is 15.7. The second-order valence-corrected chi connectivity index (χ2v) is 21.1. The molecule has 84 heavy (non-hydrogen) atoms. The molecule has 2 bridgehead atoms. The van der Waals surface area contributed by atoms with Crippen LogP contribution < -0.4 is 30.9 Å². The van der Waals surface area contributed by atoms with E-state index in [2.05, 4.69) is 53.5 Å². The summed E-state index contributed by atoms with van der Waals surface area (Å²) >= 11 is 0. The highest BCUT2D eigenvalue weighted by atomic mass is 19.1. The van der Waals surface area contributed by atoms with Crippen LogP contribution in [0.1, 0.15) is 77.6 Å². The zero-order valence-corrected chi connectivity index (χ0v) is 47.6. The first-order valence-electron chi connectivity index (χ1n) is 28.1. The van der Waals surface area contributed by atoms with Crippen LogP contribution in [0.2, 0.25) is 0 Å². The van der Waals surface area contributed by atoms with Gasteiger partial charge in [-0.05, 0) is 62.1 Å². The van der Waals surface area contributed by atoms with Gasteiger partial charge >= 0.3 is 6.01 Å². The van der Waals surface area contributed by atoms with Crippen molar-refractivity contribution >= 4 is 69.9 Å². The Kier molecular flexibility index (Phi) is 21.9. The quantitative estimate of drug-likeness (QED) is 0.0222. The predicted octanol–water partition coefficient (Wildman–Crippen LogP) is 5.02. The Labute approximate surface area is 486 Å². The number of hydrogen-bond acceptors (Lipinski definition) is 17. The van der Waals surface area contributed by atoms with Gasteiger partial charge in [0.25, 0.3) is 5.91 Å². The number of halogens is 2. The lowest BCUT2D eigenvalue weighted by molar-refractivity contribution is -0.125. The Morgan fingerprint density at radius 3 is 2.42 bits per heavy atom. The topological polar surface area (TPSA) is 245 Å². The second-order valence-electron chi connectivity index (χ2n) is 21.1. The monoisotopic (exact) mass is 1160 g/mol. The molecule has 5 aromatic rings. The number of hydrogen-bond donors (Lipinski definition) is 4. The van der Waals surface area contributed by atoms with Gasteiger partial charge in [-0.3, -0.25) is 33.9 Å². The summed E-state index contributed by atoms with van der Waals surface area (Å²) in [5, 5.41) is 12.8. The van der Waals surface area contributed by atoms with E-state index in [1.807, 2.05) is 6.07 Å². The second kappa shape index (κ2) is 29.6. The maximum atomic E-state index is 16.8. The number of methoxy groups -OCH3 is 1. The number of ether oxygens (including phenoxy) is 5. The molecule has 446 valence electrons. The third kappa shape index (κ3) is 14.5. The molecule has 23 heteroatoms. The minimum absolute atomic E-state index is 0.00760. The van der Waals surface area contributed by atoms with Crippen molar-refractivity contribution in [3.63, 3.8) is 0 Å². The Bertz CT molecular complexity index is 3240. The van der Waals surface area contributed by atoms with Crippen LogP contribution in [0, 0.1) is 24.0 Å². The van der Waals surface area contributed by atoms with Crippen LogP contribution in [0.4, 0.5) is 20.3 Å². The molecule has 2 aromatic heterocycles. The van der Waals surface area contributed by atoms with Gasteiger partial charge in [-0.15, -0.1) is 6.42 Å². The first kappa shape index (κ1) is 62.2. The van der Waals surface area contributed by atoms with Crippen LogP contribution in [0.25, 0.3) is 32.9 Å². The van der Waals surface area contributed by atoms with Gasteiger partial charge in [0, 0.05) is 89.1 Å². The first-order valence-corrected chi connectivity index (χ1v) is 28.1. The van der Waals surface area contributed by atoms with E-state index in [1.54, 1.807) is 31.5 Å². The summed E-state index contributed by atoms with van der Waals surface area (Å²) in [5.74, 6) is 0.433. The summed E-state index contributed by atoms with van der Waals surface area (Å²) in [4.78, 5) is 90.5. The number of fused-ring (bicyclic) bond motifs is 5. The number of rotatable bonds is 28. The molecule has 4 amide bonds. The van der Waals surface area contributed by atoms with Gasteiger partial charge in [0.2, 0.25) is 18.2 Å². The fraction of sp³-hybridized carbons (Fsp3) is 0.459. The number of aromatic nitrogens is 3. The van der Waals surface area contributed by atoms with Crippen LogP contribution >= 0.6 is 0 Å². The van der Waals surface area contributed by atoms with Gasteiger partial charge in [0.1, 0.15) is 41.8 Å². The van der Waals surface area contributed by atoms with E-state index >= 15 is 4.39 Å². The lowest BCUT2D eigenvalue weighted by Crippen LogP contribution is -2.51. The standard InChI is InChI=1S/C36H36F2N6O2.C25H36N4O9/c1-4-26-29(37)11-8-22-6-5-7-27(30(22)26)32-31(38)33-28(15-39-32)34(43-17-23-9-10-24(18-43)40-23)42-35(41-33)46-20-36-13-12-25(19-45-3)44(36)16-21(2)14-36;1-26-24(34)22(7-4-10-30)29(2)25(35)19-5-3-6-21(20(19)17-31)28-23(33)8-11-36-13-15-38-16-14-37-12-9-27-18-32/h1,5-8,11,15,23-25,40H,2,9-10,12-14,16-20H2,3H3;3,5-6,10,17-18,22H,4,7-9,11-16H2,1-2H3,(H,26,34)(H,27,32)(H,28,33)/t23?,24?,25-,36-;/m0./s1. The molecule has 4 saturated heterocycles. The molecular weight excluding hydrogens is 1090 g/mol. The van der Waals surface area contributed by atoms with Gasteiger partial charge in [0.05, 0.1) is 86.0 Å². The smallest absolute Gasteiger partial charge is 0.319 e. The van der Waals surface area contributed by atoms with Crippen molar-refractivity contribution in [2.45, 2.75) is 81.1 Å². The molecule has 21 nitrogen and oxygen atoms in total. The number of amides is 4. The molecule has 4 N–H and O–H groups in total. The molecule has 5 atom stereocenters. The summed E-state index contributed by atoms with van der Waals surface area (Å²) < 4.78 is 59.6. The van der Waals surface area contributed by atoms with E-state index in [-0.39, 0.29) is 77.6 Å². The molecular formula is C61H72F2N10O11. The maximum Gasteiger partial charge on any atom is 0.319 e. The van der Waals surface area contributed by atoms with Gasteiger partial charge in [0.15, 0.2) is 12.1 Å². The molecule has 4 aliphatic heterocycles. The number of nitrogens with zero attached hydrogens (tertiary/aromatic N) is 6. The van der Waals surface area contributed by atoms with Crippen molar-refractivity contribution in [2.75, 3.05) is 110 Å². The van der Waals surface area contributed by atoms with Crippen LogP contribution in [-0.2, 0) is 38.1 Å². The van der Waals surface area contributed by atoms with Crippen molar-refractivity contribution in [1.29, 1.82) is 0 Å². The van der Waals surface area contributed by atoms with E-state index in [0.29, 0.717) is 111 Å². The molecule has 3 aromatic carbocycles. The highest BCUT2D eigenvalue weighted by Gasteiger charge is 2.51. The number of likely N-dealkylation sites (N-methyl/N-ethyl adjacent to an activating group) is 2. The van der Waals surface area contributed by atoms with Crippen molar-refractivity contribution in [3.8, 4) is 29.6 Å². The zero-order chi connectivity index (χ0) is 59.8. The number of carbonyl (C=O) groups is 6. The normalized spacial score (nSPS) is 19.2. The maximum absolute atomic E-state index is 16.8. The Hall–Kier alpha value is -7.85. The number of anilines is 2. The summed E-state index contributed by atoms with van der Waals surface area (Å²) in [7, 11) is 4.56. The molecule has 3 unspecified atom stereocenters. The van der Waals surface area contributed by atoms with Crippen LogP contribution in [0.5, 0.6) is 6.01 Å². The van der Waals surface area contributed by atoms with Crippen LogP contribution in [-0.4, -0.2) is 191 Å². The molecule has 4 aliphatic rings. The molecule has 0 spiro atoms. The van der Waals surface area contributed by atoms with Crippen molar-refractivity contribution in [3.05, 3.63) is 95.2 Å². The number of benzene rings is 3. The SMILES string of the molecule is C#Cc1c(F)ccc2cccc(-c3ncc4c(N5CC6CCC(C5)N6)nc(OC[C@@]56CC[C@@H](COC)N5CC(=C)C6)nc4c3F)c12.CNC(=O)C(CCC=O)N(C)C(=O)c1cccc(NC(=O)CCOCCOCCOCCNC=O)c1C=O. The Morgan fingerprint density at radius 1 is 0.976 bits per heavy atom. The Morgan fingerprint density at radius 2 is 1.71 bits per heavy atom. The van der Waals surface area contributed by atoms with Crippen molar-refractivity contribution in [1.82, 2.24) is 40.7 Å². The average molecular weight is 1160 g/mol. The van der Waals surface area contributed by atoms with E-state index in [4.69, 9.17) is 35.1 Å². The molecule has 4 fully saturated rings. The lowest BCUT2D eigenvalue weighted by atomic mass is 9.94. The van der Waals surface area contributed by atoms with Crippen molar-refractivity contribution in [2.24, 2.45) is 0 Å². The molecule has 9 rings (SSSR count). The fourth-order valence-electron chi connectivity index (χ4n) is 11.6. The number of aldehydes is 2. The largest absolute Gasteiger partial charge is 0.461 e. The predicted molar refractivity (Wildman–Crippen MR) is 311 cm³/mol. The summed E-state index contributed by atoms with van der Waals surface area (Å²) in [6.07, 6.45) is 14.2. The minimum atomic E-state index is -0.908. The lowest BCUT2D eigenvalue weighted by Gasteiger charge is -2.35. The van der Waals surface area contributed by atoms with Crippen LogP contribution in [0.3, 0.4) is 0 Å². The highest BCUT2D eigenvalue weighted by molar-refractivity contribution is 6.08. The van der Waals surface area contributed by atoms with E-state index in [9.17, 15) is 33.2 Å². The van der Waals surface area contributed by atoms with E-state index < -0.39 is 35.4 Å². The summed E-state index contributed by atoms with van der Waals surface area (Å²) in [6.45, 7) is 9.86. The molecule has 0 radical (unpaired) electrons. The number of piperazine rings is 1. The number of nitrogens with one attached hydrogen (secondary N) is 4. The van der Waals surface area contributed by atoms with Gasteiger partial charge in [-0.1, -0.05) is 48.4 Å². The number of carbonyl (C=O) groups excluding carboxylic acids is 6. The zero-order valence-electron chi connectivity index (χ0n) is 47.6. The Balaban J connectivity index is 0.000000225. The van der Waals surface area contributed by atoms with Gasteiger partial charge in [-0.25, -0.2) is 8.78 Å². The molecule has 6 heterocycles. The van der Waals surface area contributed by atoms with Crippen molar-refractivity contribution < 1.29 is 61.2 Å². The van der Waals surface area contributed by atoms with Gasteiger partial charge < -0.3 is 59.5 Å². The first-order chi connectivity index (χ1) is 40.8. The summed E-state index contributed by atoms with van der Waals surface area (Å²) in [6, 6.07) is 12.9. The summed E-state index contributed by atoms with van der Waals surface area (Å²) in [5.41, 5.74) is 1.71. The van der Waals surface area contributed by atoms with Crippen LogP contribution in [0.15, 0.2) is 66.9 Å². The van der Waals surface area contributed by atoms with E-state index in [1.165, 1.54) is 48.8 Å². The number of pyridine rings is 1. The third-order valence-electron chi connectivity index (χ3n) is 15.7. The number of terminal acetylenes is 1.